The van der Waals surface area contributed by atoms with Crippen LogP contribution in [0, 0.1) is 5.82 Å². The van der Waals surface area contributed by atoms with Crippen molar-refractivity contribution in [2.24, 2.45) is 7.05 Å². The third-order valence-electron chi connectivity index (χ3n) is 6.22. The summed E-state index contributed by atoms with van der Waals surface area (Å²) in [6, 6.07) is 10.1. The molecule has 7 nitrogen and oxygen atoms in total. The summed E-state index contributed by atoms with van der Waals surface area (Å²) in [5, 5.41) is 7.03. The number of hydrazine groups is 1. The number of benzene rings is 2. The number of nitrogens with one attached hydrogen (secondary N) is 3. The lowest BCUT2D eigenvalue weighted by atomic mass is 9.99. The van der Waals surface area contributed by atoms with E-state index >= 15 is 0 Å². The van der Waals surface area contributed by atoms with Crippen LogP contribution < -0.4 is 16.2 Å². The molecule has 1 fully saturated rings. The summed E-state index contributed by atoms with van der Waals surface area (Å²) >= 11 is 0. The van der Waals surface area contributed by atoms with E-state index in [1.54, 1.807) is 30.2 Å². The minimum absolute atomic E-state index is 0.247. The largest absolute Gasteiger partial charge is 0.324 e. The van der Waals surface area contributed by atoms with E-state index in [-0.39, 0.29) is 11.7 Å². The molecule has 1 saturated heterocycles. The van der Waals surface area contributed by atoms with Gasteiger partial charge >= 0.3 is 0 Å². The molecule has 9 heteroatoms. The van der Waals surface area contributed by atoms with Gasteiger partial charge < -0.3 is 10.7 Å². The van der Waals surface area contributed by atoms with Gasteiger partial charge in [-0.25, -0.2) is 14.2 Å². The van der Waals surface area contributed by atoms with Gasteiger partial charge in [0, 0.05) is 55.3 Å². The third-order valence-corrected chi connectivity index (χ3v) is 6.22. The second-order valence-corrected chi connectivity index (χ2v) is 8.66. The van der Waals surface area contributed by atoms with Crippen molar-refractivity contribution in [2.45, 2.75) is 31.6 Å². The minimum Gasteiger partial charge on any atom is -0.324 e. The van der Waals surface area contributed by atoms with Gasteiger partial charge in [0.1, 0.15) is 18.0 Å². The smallest absolute Gasteiger partial charge is 0.247 e. The van der Waals surface area contributed by atoms with Crippen molar-refractivity contribution in [3.05, 3.63) is 65.7 Å². The number of rotatable bonds is 5. The molecule has 33 heavy (non-hydrogen) atoms. The van der Waals surface area contributed by atoms with E-state index in [2.05, 4.69) is 26.2 Å². The lowest BCUT2D eigenvalue weighted by molar-refractivity contribution is -0.118. The zero-order chi connectivity index (χ0) is 22.9. The molecule has 1 atom stereocenters. The molecule has 1 aromatic heterocycles. The average Bonchev–Trinajstić information content (AvgIpc) is 3.42. The molecule has 3 N–H and O–H groups in total. The van der Waals surface area contributed by atoms with Crippen LogP contribution in [0.4, 0.5) is 20.2 Å². The summed E-state index contributed by atoms with van der Waals surface area (Å²) < 4.78 is 29.5. The first kappa shape index (κ1) is 21.5. The number of nitrogens with zero attached hydrogens (tertiary/aromatic N) is 3. The number of halogens is 2. The highest BCUT2D eigenvalue weighted by Crippen LogP contribution is 2.35. The van der Waals surface area contributed by atoms with Gasteiger partial charge in [0.15, 0.2) is 0 Å². The van der Waals surface area contributed by atoms with Crippen molar-refractivity contribution in [3.8, 4) is 11.1 Å². The molecule has 1 unspecified atom stereocenters. The summed E-state index contributed by atoms with van der Waals surface area (Å²) in [6.07, 6.45) is 3.82. The zero-order valence-corrected chi connectivity index (χ0v) is 18.3. The molecule has 0 saturated carbocycles. The van der Waals surface area contributed by atoms with E-state index in [0.717, 1.165) is 25.2 Å². The number of hydrogen-bond donors (Lipinski definition) is 3. The maximum atomic E-state index is 14.6. The molecule has 3 aromatic rings. The Balaban J connectivity index is 1.27. The van der Waals surface area contributed by atoms with Gasteiger partial charge in [-0.1, -0.05) is 12.1 Å². The number of anilines is 2. The van der Waals surface area contributed by atoms with Crippen LogP contribution in [0.3, 0.4) is 0 Å². The van der Waals surface area contributed by atoms with Gasteiger partial charge in [-0.2, -0.15) is 5.10 Å². The van der Waals surface area contributed by atoms with Gasteiger partial charge in [0.05, 0.1) is 11.9 Å². The molecule has 2 aliphatic heterocycles. The normalized spacial score (nSPS) is 18.7. The van der Waals surface area contributed by atoms with Crippen LogP contribution in [0.15, 0.2) is 48.8 Å². The first-order valence-electron chi connectivity index (χ1n) is 11.1. The van der Waals surface area contributed by atoms with Crippen molar-refractivity contribution in [1.29, 1.82) is 0 Å². The second kappa shape index (κ2) is 8.92. The molecule has 1 amide bonds. The van der Waals surface area contributed by atoms with Crippen molar-refractivity contribution in [1.82, 2.24) is 20.1 Å². The summed E-state index contributed by atoms with van der Waals surface area (Å²) in [5.74, 6) is -0.633. The lowest BCUT2D eigenvalue weighted by Gasteiger charge is -2.28. The molecule has 0 aliphatic carbocycles. The quantitative estimate of drug-likeness (QED) is 0.550. The second-order valence-electron chi connectivity index (χ2n) is 8.66. The maximum Gasteiger partial charge on any atom is 0.247 e. The molecule has 3 heterocycles. The van der Waals surface area contributed by atoms with Crippen LogP contribution in [0.1, 0.15) is 30.0 Å². The highest BCUT2D eigenvalue weighted by atomic mass is 19.1. The number of alkyl halides is 1. The molecule has 2 aromatic carbocycles. The number of fused-ring (bicyclic) bond motifs is 1. The average molecular weight is 453 g/mol. The summed E-state index contributed by atoms with van der Waals surface area (Å²) in [6.45, 7) is 2.30. The van der Waals surface area contributed by atoms with Crippen molar-refractivity contribution < 1.29 is 13.6 Å². The van der Waals surface area contributed by atoms with Crippen LogP contribution in [0.25, 0.3) is 11.1 Å². The number of aromatic nitrogens is 2. The Morgan fingerprint density at radius 2 is 1.97 bits per heavy atom. The van der Waals surface area contributed by atoms with Crippen LogP contribution in [-0.2, 0) is 18.4 Å². The Morgan fingerprint density at radius 3 is 2.67 bits per heavy atom. The molecule has 2 aliphatic rings. The Labute approximate surface area is 190 Å². The molecular weight excluding hydrogens is 426 g/mol. The van der Waals surface area contributed by atoms with E-state index in [1.165, 1.54) is 6.07 Å². The first-order valence-corrected chi connectivity index (χ1v) is 11.1. The number of hydrogen-bond acceptors (Lipinski definition) is 5. The van der Waals surface area contributed by atoms with E-state index in [0.29, 0.717) is 40.9 Å². The Bertz CT molecular complexity index is 1150. The maximum absolute atomic E-state index is 14.6. The predicted molar refractivity (Wildman–Crippen MR) is 123 cm³/mol. The number of likely N-dealkylation sites (tertiary alicyclic amines) is 1. The lowest BCUT2D eigenvalue weighted by Crippen LogP contribution is -2.33. The zero-order valence-electron chi connectivity index (χ0n) is 18.3. The number of piperidine rings is 1. The van der Waals surface area contributed by atoms with Crippen molar-refractivity contribution in [2.75, 3.05) is 23.8 Å². The molecule has 0 bridgehead atoms. The summed E-state index contributed by atoms with van der Waals surface area (Å²) in [7, 11) is 1.77. The predicted octanol–water partition coefficient (Wildman–Crippen LogP) is 3.77. The summed E-state index contributed by atoms with van der Waals surface area (Å²) in [4.78, 5) is 15.2. The minimum atomic E-state index is -0.681. The fraction of sp³-hybridized carbons (Fsp3) is 0.333. The van der Waals surface area contributed by atoms with Gasteiger partial charge in [-0.05, 0) is 42.7 Å². The highest BCUT2D eigenvalue weighted by Gasteiger charge is 2.30. The number of carbonyl (C=O) groups is 1. The van der Waals surface area contributed by atoms with Crippen molar-refractivity contribution in [3.63, 3.8) is 0 Å². The Hall–Kier alpha value is -3.30. The Kier molecular flexibility index (Phi) is 5.82. The van der Waals surface area contributed by atoms with Crippen molar-refractivity contribution >= 4 is 17.3 Å². The standard InChI is InChI=1S/C24H26F2N6O/c1-31-14-16(12-27-31)19-10-20-22(11-21(19)26)29-30-23(20)24(33)28-18-4-2-15(3-5-18)13-32-8-6-17(25)7-9-32/h2-5,10-12,14,17,23,29-30H,6-9,13H2,1H3,(H,28,33). The van der Waals surface area contributed by atoms with E-state index in [4.69, 9.17) is 0 Å². The van der Waals surface area contributed by atoms with Gasteiger partial charge in [-0.3, -0.25) is 14.4 Å². The van der Waals surface area contributed by atoms with Crippen LogP contribution in [0.5, 0.6) is 0 Å². The molecular formula is C24H26F2N6O. The fourth-order valence-electron chi connectivity index (χ4n) is 4.38. The molecule has 172 valence electrons. The monoisotopic (exact) mass is 452 g/mol. The van der Waals surface area contributed by atoms with Gasteiger partial charge in [0.2, 0.25) is 5.91 Å². The van der Waals surface area contributed by atoms with E-state index < -0.39 is 12.2 Å². The highest BCUT2D eigenvalue weighted by molar-refractivity contribution is 5.97. The fourth-order valence-corrected chi connectivity index (χ4v) is 4.38. The third kappa shape index (κ3) is 4.60. The topological polar surface area (TPSA) is 74.2 Å². The molecule has 0 spiro atoms. The SMILES string of the molecule is Cn1cc(-c2cc3c(cc2F)NNC3C(=O)Nc2ccc(CN3CCC(F)CC3)cc2)cn1. The summed E-state index contributed by atoms with van der Waals surface area (Å²) in [5.41, 5.74) is 9.87. The molecule has 5 rings (SSSR count). The van der Waals surface area contributed by atoms with E-state index in [9.17, 15) is 13.6 Å². The number of carbonyl (C=O) groups excluding carboxylic acids is 1. The van der Waals surface area contributed by atoms with Crippen LogP contribution in [0.2, 0.25) is 0 Å². The number of amides is 1. The number of aryl methyl sites for hydroxylation is 1. The van der Waals surface area contributed by atoms with Crippen LogP contribution in [-0.4, -0.2) is 39.8 Å². The first-order chi connectivity index (χ1) is 16.0. The van der Waals surface area contributed by atoms with Gasteiger partial charge in [-0.15, -0.1) is 0 Å². The molecule has 0 radical (unpaired) electrons. The van der Waals surface area contributed by atoms with Gasteiger partial charge in [0.25, 0.3) is 0 Å². The van der Waals surface area contributed by atoms with E-state index in [1.807, 2.05) is 24.3 Å². The van der Waals surface area contributed by atoms with Crippen LogP contribution >= 0.6 is 0 Å². The Morgan fingerprint density at radius 1 is 1.21 bits per heavy atom.